The molecular formula is C25H27BrN4O2. The lowest BCUT2D eigenvalue weighted by atomic mass is 10.1. The summed E-state index contributed by atoms with van der Waals surface area (Å²) in [4.78, 5) is 22.1. The standard InChI is InChI=1S/C25H27BrN4O2/c1-29-12-14-30(15-13-29)18-23(19-6-3-2-4-7-19)28-25(31)20-10-11-24(27-17-20)32-22-9-5-8-21(26)16-22/h2-11,16-17,23H,12-15,18H2,1H3,(H,28,31). The number of nitrogens with zero attached hydrogens (tertiary/aromatic N) is 3. The third-order valence-electron chi connectivity index (χ3n) is 5.56. The Morgan fingerprint density at radius 3 is 2.53 bits per heavy atom. The topological polar surface area (TPSA) is 57.7 Å². The Morgan fingerprint density at radius 1 is 1.06 bits per heavy atom. The monoisotopic (exact) mass is 494 g/mol. The Morgan fingerprint density at radius 2 is 1.84 bits per heavy atom. The SMILES string of the molecule is CN1CCN(CC(NC(=O)c2ccc(Oc3cccc(Br)c3)nc2)c2ccccc2)CC1. The predicted octanol–water partition coefficient (Wildman–Crippen LogP) is 4.35. The molecule has 1 aromatic heterocycles. The first-order chi connectivity index (χ1) is 15.6. The van der Waals surface area contributed by atoms with Crippen LogP contribution in [-0.4, -0.2) is 60.5 Å². The number of amides is 1. The molecule has 0 radical (unpaired) electrons. The van der Waals surface area contributed by atoms with Gasteiger partial charge >= 0.3 is 0 Å². The molecule has 32 heavy (non-hydrogen) atoms. The molecule has 1 unspecified atom stereocenters. The summed E-state index contributed by atoms with van der Waals surface area (Å²) in [5.41, 5.74) is 1.60. The number of carbonyl (C=O) groups is 1. The van der Waals surface area contributed by atoms with Crippen LogP contribution in [0.3, 0.4) is 0 Å². The van der Waals surface area contributed by atoms with Gasteiger partial charge in [-0.25, -0.2) is 4.98 Å². The van der Waals surface area contributed by atoms with Gasteiger partial charge in [-0.3, -0.25) is 9.69 Å². The number of rotatable bonds is 7. The van der Waals surface area contributed by atoms with Crippen LogP contribution < -0.4 is 10.1 Å². The number of carbonyl (C=O) groups excluding carboxylic acids is 1. The molecule has 2 heterocycles. The van der Waals surface area contributed by atoms with Crippen molar-refractivity contribution >= 4 is 21.8 Å². The number of hydrogen-bond donors (Lipinski definition) is 1. The normalized spacial score (nSPS) is 15.8. The van der Waals surface area contributed by atoms with Crippen molar-refractivity contribution in [2.24, 2.45) is 0 Å². The van der Waals surface area contributed by atoms with Crippen molar-refractivity contribution in [1.82, 2.24) is 20.1 Å². The fraction of sp³-hybridized carbons (Fsp3) is 0.280. The first-order valence-electron chi connectivity index (χ1n) is 10.7. The van der Waals surface area contributed by atoms with E-state index in [9.17, 15) is 4.79 Å². The first-order valence-corrected chi connectivity index (χ1v) is 11.5. The molecule has 0 spiro atoms. The molecule has 1 fully saturated rings. The lowest BCUT2D eigenvalue weighted by Gasteiger charge is -2.35. The minimum Gasteiger partial charge on any atom is -0.439 e. The smallest absolute Gasteiger partial charge is 0.253 e. The van der Waals surface area contributed by atoms with Crippen molar-refractivity contribution in [2.45, 2.75) is 6.04 Å². The number of hydrogen-bond acceptors (Lipinski definition) is 5. The highest BCUT2D eigenvalue weighted by molar-refractivity contribution is 9.10. The molecule has 2 aromatic carbocycles. The van der Waals surface area contributed by atoms with Crippen molar-refractivity contribution in [3.63, 3.8) is 0 Å². The van der Waals surface area contributed by atoms with E-state index < -0.39 is 0 Å². The van der Waals surface area contributed by atoms with E-state index in [4.69, 9.17) is 4.74 Å². The average Bonchev–Trinajstić information content (AvgIpc) is 2.81. The number of piperazine rings is 1. The quantitative estimate of drug-likeness (QED) is 0.528. The van der Waals surface area contributed by atoms with Crippen LogP contribution in [0.1, 0.15) is 22.0 Å². The summed E-state index contributed by atoms with van der Waals surface area (Å²) in [5.74, 6) is 0.978. The van der Waals surface area contributed by atoms with E-state index in [1.54, 1.807) is 18.3 Å². The zero-order valence-electron chi connectivity index (χ0n) is 18.1. The third-order valence-corrected chi connectivity index (χ3v) is 6.05. The summed E-state index contributed by atoms with van der Waals surface area (Å²) >= 11 is 3.43. The number of likely N-dealkylation sites (N-methyl/N-ethyl adjacent to an activating group) is 1. The van der Waals surface area contributed by atoms with Crippen molar-refractivity contribution in [2.75, 3.05) is 39.8 Å². The minimum absolute atomic E-state index is 0.0929. The minimum atomic E-state index is -0.144. The van der Waals surface area contributed by atoms with Crippen molar-refractivity contribution in [3.05, 3.63) is 88.5 Å². The van der Waals surface area contributed by atoms with Gasteiger partial charge in [0, 0.05) is 49.5 Å². The van der Waals surface area contributed by atoms with Gasteiger partial charge in [0.2, 0.25) is 5.88 Å². The molecule has 1 saturated heterocycles. The molecule has 0 aliphatic carbocycles. The van der Waals surface area contributed by atoms with Gasteiger partial charge in [0.05, 0.1) is 11.6 Å². The van der Waals surface area contributed by atoms with E-state index in [2.05, 4.69) is 55.2 Å². The van der Waals surface area contributed by atoms with Gasteiger partial charge < -0.3 is 15.0 Å². The second-order valence-electron chi connectivity index (χ2n) is 7.99. The van der Waals surface area contributed by atoms with Crippen LogP contribution in [0.15, 0.2) is 77.4 Å². The number of benzene rings is 2. The molecule has 1 atom stereocenters. The van der Waals surface area contributed by atoms with E-state index in [1.165, 1.54) is 0 Å². The van der Waals surface area contributed by atoms with Gasteiger partial charge in [0.15, 0.2) is 0 Å². The highest BCUT2D eigenvalue weighted by atomic mass is 79.9. The molecule has 0 saturated carbocycles. The van der Waals surface area contributed by atoms with Crippen molar-refractivity contribution in [1.29, 1.82) is 0 Å². The van der Waals surface area contributed by atoms with E-state index in [-0.39, 0.29) is 11.9 Å². The fourth-order valence-corrected chi connectivity index (χ4v) is 4.05. The van der Waals surface area contributed by atoms with Crippen LogP contribution in [0.2, 0.25) is 0 Å². The Bertz CT molecular complexity index is 1020. The molecule has 1 aliphatic heterocycles. The van der Waals surface area contributed by atoms with Crippen molar-refractivity contribution < 1.29 is 9.53 Å². The predicted molar refractivity (Wildman–Crippen MR) is 129 cm³/mol. The Kier molecular flexibility index (Phi) is 7.52. The summed E-state index contributed by atoms with van der Waals surface area (Å²) in [6, 6.07) is 21.0. The molecule has 1 aliphatic rings. The summed E-state index contributed by atoms with van der Waals surface area (Å²) in [6.07, 6.45) is 1.56. The fourth-order valence-electron chi connectivity index (χ4n) is 3.68. The number of aromatic nitrogens is 1. The largest absolute Gasteiger partial charge is 0.439 e. The molecule has 3 aromatic rings. The van der Waals surface area contributed by atoms with Crippen LogP contribution in [0.25, 0.3) is 0 Å². The molecule has 4 rings (SSSR count). The Hall–Kier alpha value is -2.74. The number of ether oxygens (including phenoxy) is 1. The van der Waals surface area contributed by atoms with Gasteiger partial charge in [-0.1, -0.05) is 52.3 Å². The van der Waals surface area contributed by atoms with Gasteiger partial charge in [0.25, 0.3) is 5.91 Å². The lowest BCUT2D eigenvalue weighted by Crippen LogP contribution is -2.47. The van der Waals surface area contributed by atoms with Crippen molar-refractivity contribution in [3.8, 4) is 11.6 Å². The van der Waals surface area contributed by atoms with E-state index in [0.717, 1.165) is 42.8 Å². The Labute approximate surface area is 197 Å². The van der Waals surface area contributed by atoms with E-state index >= 15 is 0 Å². The molecule has 1 amide bonds. The summed E-state index contributed by atoms with van der Waals surface area (Å²) in [5, 5.41) is 3.20. The molecule has 166 valence electrons. The van der Waals surface area contributed by atoms with Crippen LogP contribution in [0.4, 0.5) is 0 Å². The molecule has 7 heteroatoms. The second-order valence-corrected chi connectivity index (χ2v) is 8.90. The first kappa shape index (κ1) is 22.5. The molecule has 6 nitrogen and oxygen atoms in total. The molecular weight excluding hydrogens is 468 g/mol. The zero-order chi connectivity index (χ0) is 22.3. The summed E-state index contributed by atoms with van der Waals surface area (Å²) < 4.78 is 6.70. The van der Waals surface area contributed by atoms with Gasteiger partial charge in [-0.15, -0.1) is 0 Å². The van der Waals surface area contributed by atoms with Crippen LogP contribution in [0.5, 0.6) is 11.6 Å². The molecule has 1 N–H and O–H groups in total. The highest BCUT2D eigenvalue weighted by Gasteiger charge is 2.22. The maximum absolute atomic E-state index is 13.0. The maximum atomic E-state index is 13.0. The van der Waals surface area contributed by atoms with Crippen LogP contribution in [-0.2, 0) is 0 Å². The van der Waals surface area contributed by atoms with E-state index in [0.29, 0.717) is 17.2 Å². The highest BCUT2D eigenvalue weighted by Crippen LogP contribution is 2.23. The van der Waals surface area contributed by atoms with Gasteiger partial charge in [-0.05, 0) is 36.9 Å². The Balaban J connectivity index is 1.43. The number of nitrogens with one attached hydrogen (secondary N) is 1. The van der Waals surface area contributed by atoms with Gasteiger partial charge in [0.1, 0.15) is 5.75 Å². The average molecular weight is 495 g/mol. The maximum Gasteiger partial charge on any atom is 0.253 e. The molecule has 0 bridgehead atoms. The second kappa shape index (κ2) is 10.7. The summed E-state index contributed by atoms with van der Waals surface area (Å²) in [6.45, 7) is 4.86. The van der Waals surface area contributed by atoms with Crippen LogP contribution >= 0.6 is 15.9 Å². The number of halogens is 1. The number of pyridine rings is 1. The van der Waals surface area contributed by atoms with E-state index in [1.807, 2.05) is 42.5 Å². The summed E-state index contributed by atoms with van der Waals surface area (Å²) in [7, 11) is 2.14. The lowest BCUT2D eigenvalue weighted by molar-refractivity contribution is 0.0907. The van der Waals surface area contributed by atoms with Gasteiger partial charge in [-0.2, -0.15) is 0 Å². The third kappa shape index (κ3) is 6.16. The zero-order valence-corrected chi connectivity index (χ0v) is 19.7. The van der Waals surface area contributed by atoms with Crippen LogP contribution in [0, 0.1) is 0 Å².